The van der Waals surface area contributed by atoms with Gasteiger partial charge in [0.2, 0.25) is 15.9 Å². The molecule has 2 atom stereocenters. The molecular weight excluding hydrogens is 433 g/mol. The average molecular weight is 464 g/mol. The number of anilines is 1. The van der Waals surface area contributed by atoms with Gasteiger partial charge in [0, 0.05) is 17.2 Å². The summed E-state index contributed by atoms with van der Waals surface area (Å²) in [5.41, 5.74) is 2.50. The predicted molar refractivity (Wildman–Crippen MR) is 121 cm³/mol. The smallest absolute Gasteiger partial charge is 0.229 e. The van der Waals surface area contributed by atoms with Crippen LogP contribution in [-0.4, -0.2) is 30.7 Å². The Bertz CT molecular complexity index is 1140. The number of sulfonamides is 1. The van der Waals surface area contributed by atoms with Crippen LogP contribution in [0, 0.1) is 18.7 Å². The van der Waals surface area contributed by atoms with Gasteiger partial charge in [-0.2, -0.15) is 0 Å². The molecule has 0 aliphatic heterocycles. The topological polar surface area (TPSA) is 108 Å². The normalized spacial score (nSPS) is 17.4. The van der Waals surface area contributed by atoms with Gasteiger partial charge in [-0.15, -0.1) is 0 Å². The lowest BCUT2D eigenvalue weighted by Gasteiger charge is -2.27. The van der Waals surface area contributed by atoms with Crippen LogP contribution in [0.3, 0.4) is 0 Å². The van der Waals surface area contributed by atoms with Gasteiger partial charge in [-0.1, -0.05) is 6.07 Å². The number of pyridine rings is 1. The summed E-state index contributed by atoms with van der Waals surface area (Å²) >= 11 is 0. The molecule has 1 amide bonds. The number of rotatable bonds is 6. The molecule has 0 spiro atoms. The maximum atomic E-state index is 14.7. The maximum Gasteiger partial charge on any atom is 0.229 e. The molecule has 2 aromatic rings. The molecule has 174 valence electrons. The van der Waals surface area contributed by atoms with Crippen LogP contribution in [0.4, 0.5) is 10.1 Å². The summed E-state index contributed by atoms with van der Waals surface area (Å²) < 4.78 is 39.9. The van der Waals surface area contributed by atoms with Crippen molar-refractivity contribution in [3.8, 4) is 0 Å². The third-order valence-electron chi connectivity index (χ3n) is 5.73. The first-order valence-corrected chi connectivity index (χ1v) is 12.4. The van der Waals surface area contributed by atoms with Crippen LogP contribution in [0.2, 0.25) is 0 Å². The van der Waals surface area contributed by atoms with Crippen molar-refractivity contribution in [2.24, 2.45) is 5.92 Å². The van der Waals surface area contributed by atoms with Crippen LogP contribution >= 0.6 is 0 Å². The van der Waals surface area contributed by atoms with E-state index in [0.29, 0.717) is 36.1 Å². The first kappa shape index (κ1) is 24.1. The molecule has 2 unspecified atom stereocenters. The molecule has 32 heavy (non-hydrogen) atoms. The Morgan fingerprint density at radius 3 is 2.62 bits per heavy atom. The number of nitrogens with zero attached hydrogens (tertiary/aromatic N) is 1. The molecule has 0 bridgehead atoms. The molecule has 0 saturated heterocycles. The highest BCUT2D eigenvalue weighted by Crippen LogP contribution is 2.29. The van der Waals surface area contributed by atoms with E-state index in [9.17, 15) is 22.7 Å². The summed E-state index contributed by atoms with van der Waals surface area (Å²) in [5.74, 6) is -1.01. The molecule has 0 radical (unpaired) electrons. The molecular formula is C23H30FN3O4S. The van der Waals surface area contributed by atoms with E-state index in [1.807, 2.05) is 6.07 Å². The van der Waals surface area contributed by atoms with Gasteiger partial charge in [-0.25, -0.2) is 12.8 Å². The minimum Gasteiger partial charge on any atom is -0.384 e. The fourth-order valence-corrected chi connectivity index (χ4v) is 4.55. The standard InChI is InChI=1S/C23H30FN3O4S/c1-13-10-17(18(24)12-20(13)27-32(5,30)31)14(2)25-22(28)16-6-8-19-15(11-16)7-9-21(26-19)23(3,4)29/h7,9-10,12,14,16,27,29H,6,8,11H2,1-5H3,(H,25,28). The van der Waals surface area contributed by atoms with Gasteiger partial charge in [0.25, 0.3) is 0 Å². The summed E-state index contributed by atoms with van der Waals surface area (Å²) in [4.78, 5) is 17.4. The van der Waals surface area contributed by atoms with Crippen LogP contribution in [0.25, 0.3) is 0 Å². The number of hydrogen-bond acceptors (Lipinski definition) is 5. The minimum absolute atomic E-state index is 0.162. The highest BCUT2D eigenvalue weighted by Gasteiger charge is 2.28. The molecule has 1 aromatic heterocycles. The van der Waals surface area contributed by atoms with Crippen LogP contribution in [0.1, 0.15) is 61.3 Å². The Labute approximate surface area is 188 Å². The van der Waals surface area contributed by atoms with Crippen LogP contribution in [0.15, 0.2) is 24.3 Å². The average Bonchev–Trinajstić information content (AvgIpc) is 2.67. The number of carbonyl (C=O) groups is 1. The van der Waals surface area contributed by atoms with Crippen molar-refractivity contribution in [2.75, 3.05) is 11.0 Å². The molecule has 1 aliphatic rings. The summed E-state index contributed by atoms with van der Waals surface area (Å²) in [6, 6.07) is 5.80. The number of aromatic nitrogens is 1. The first-order valence-electron chi connectivity index (χ1n) is 10.5. The Balaban J connectivity index is 1.71. The Kier molecular flexibility index (Phi) is 6.62. The molecule has 0 fully saturated rings. The maximum absolute atomic E-state index is 14.7. The van der Waals surface area contributed by atoms with Gasteiger partial charge >= 0.3 is 0 Å². The number of hydrogen-bond donors (Lipinski definition) is 3. The monoisotopic (exact) mass is 463 g/mol. The van der Waals surface area contributed by atoms with Crippen molar-refractivity contribution in [3.05, 3.63) is 58.2 Å². The molecule has 1 aliphatic carbocycles. The zero-order valence-corrected chi connectivity index (χ0v) is 19.8. The summed E-state index contributed by atoms with van der Waals surface area (Å²) in [6.45, 7) is 6.75. The molecule has 0 saturated carbocycles. The molecule has 1 aromatic carbocycles. The second kappa shape index (κ2) is 8.78. The summed E-state index contributed by atoms with van der Waals surface area (Å²) in [6.07, 6.45) is 2.79. The lowest BCUT2D eigenvalue weighted by Crippen LogP contribution is -2.36. The van der Waals surface area contributed by atoms with Gasteiger partial charge < -0.3 is 10.4 Å². The lowest BCUT2D eigenvalue weighted by atomic mass is 9.85. The van der Waals surface area contributed by atoms with Gasteiger partial charge in [-0.3, -0.25) is 14.5 Å². The largest absolute Gasteiger partial charge is 0.384 e. The Morgan fingerprint density at radius 1 is 1.31 bits per heavy atom. The van der Waals surface area contributed by atoms with Crippen molar-refractivity contribution in [3.63, 3.8) is 0 Å². The Morgan fingerprint density at radius 2 is 2.00 bits per heavy atom. The SMILES string of the molecule is Cc1cc(C(C)NC(=O)C2CCc3nc(C(C)(C)O)ccc3C2)c(F)cc1NS(C)(=O)=O. The van der Waals surface area contributed by atoms with Gasteiger partial charge in [-0.05, 0) is 76.3 Å². The van der Waals surface area contributed by atoms with E-state index in [-0.39, 0.29) is 17.5 Å². The third-order valence-corrected chi connectivity index (χ3v) is 6.32. The van der Waals surface area contributed by atoms with Crippen molar-refractivity contribution in [2.45, 2.75) is 58.6 Å². The van der Waals surface area contributed by atoms with Crippen molar-refractivity contribution >= 4 is 21.6 Å². The predicted octanol–water partition coefficient (Wildman–Crippen LogP) is 3.11. The number of fused-ring (bicyclic) bond motifs is 1. The van der Waals surface area contributed by atoms with E-state index in [1.54, 1.807) is 39.8 Å². The Hall–Kier alpha value is -2.52. The van der Waals surface area contributed by atoms with Crippen LogP contribution < -0.4 is 10.0 Å². The van der Waals surface area contributed by atoms with Gasteiger partial charge in [0.1, 0.15) is 11.4 Å². The second-order valence-electron chi connectivity index (χ2n) is 9.09. The van der Waals surface area contributed by atoms with E-state index in [2.05, 4.69) is 15.0 Å². The van der Waals surface area contributed by atoms with Gasteiger partial charge in [0.15, 0.2) is 0 Å². The lowest BCUT2D eigenvalue weighted by molar-refractivity contribution is -0.126. The van der Waals surface area contributed by atoms with E-state index >= 15 is 0 Å². The van der Waals surface area contributed by atoms with Crippen molar-refractivity contribution in [1.82, 2.24) is 10.3 Å². The van der Waals surface area contributed by atoms with E-state index < -0.39 is 27.5 Å². The van der Waals surface area contributed by atoms with Crippen molar-refractivity contribution in [1.29, 1.82) is 0 Å². The minimum atomic E-state index is -3.52. The zero-order chi connectivity index (χ0) is 23.8. The quantitative estimate of drug-likeness (QED) is 0.610. The number of aryl methyl sites for hydroxylation is 2. The number of halogens is 1. The number of carbonyl (C=O) groups excluding carboxylic acids is 1. The zero-order valence-electron chi connectivity index (χ0n) is 19.0. The highest BCUT2D eigenvalue weighted by molar-refractivity contribution is 7.92. The van der Waals surface area contributed by atoms with Crippen LogP contribution in [-0.2, 0) is 33.3 Å². The number of nitrogens with one attached hydrogen (secondary N) is 2. The molecule has 7 nitrogen and oxygen atoms in total. The van der Waals surface area contributed by atoms with Gasteiger partial charge in [0.05, 0.1) is 23.7 Å². The van der Waals surface area contributed by atoms with E-state index in [1.165, 1.54) is 0 Å². The molecule has 1 heterocycles. The summed E-state index contributed by atoms with van der Waals surface area (Å²) in [5, 5.41) is 13.1. The fourth-order valence-electron chi connectivity index (χ4n) is 3.93. The third kappa shape index (κ3) is 5.63. The summed E-state index contributed by atoms with van der Waals surface area (Å²) in [7, 11) is -3.52. The number of aliphatic hydroxyl groups is 1. The van der Waals surface area contributed by atoms with E-state index in [0.717, 1.165) is 23.6 Å². The second-order valence-corrected chi connectivity index (χ2v) is 10.8. The highest BCUT2D eigenvalue weighted by atomic mass is 32.2. The van der Waals surface area contributed by atoms with Crippen molar-refractivity contribution < 1.29 is 22.7 Å². The number of benzene rings is 1. The van der Waals surface area contributed by atoms with E-state index in [4.69, 9.17) is 0 Å². The van der Waals surface area contributed by atoms with Crippen LogP contribution in [0.5, 0.6) is 0 Å². The number of amides is 1. The fraction of sp³-hybridized carbons (Fsp3) is 0.478. The molecule has 3 rings (SSSR count). The molecule has 9 heteroatoms. The molecule has 3 N–H and O–H groups in total. The first-order chi connectivity index (χ1) is 14.7.